The van der Waals surface area contributed by atoms with Crippen molar-refractivity contribution in [2.75, 3.05) is 12.4 Å². The van der Waals surface area contributed by atoms with Crippen LogP contribution in [0.1, 0.15) is 38.4 Å². The third-order valence-electron chi connectivity index (χ3n) is 3.84. The van der Waals surface area contributed by atoms with Crippen LogP contribution in [0.15, 0.2) is 6.33 Å². The Morgan fingerprint density at radius 2 is 2.28 bits per heavy atom. The van der Waals surface area contributed by atoms with Gasteiger partial charge in [-0.1, -0.05) is 13.3 Å². The molecule has 1 aromatic heterocycles. The summed E-state index contributed by atoms with van der Waals surface area (Å²) in [7, 11) is 0. The van der Waals surface area contributed by atoms with Crippen LogP contribution in [0.4, 0.5) is 0 Å². The maximum Gasteiger partial charge on any atom is 0.140 e. The molecule has 2 unspecified atom stereocenters. The first-order valence-electron chi connectivity index (χ1n) is 6.98. The molecule has 1 heterocycles. The Morgan fingerprint density at radius 3 is 3.06 bits per heavy atom. The second-order valence-electron chi connectivity index (χ2n) is 5.14. The summed E-state index contributed by atoms with van der Waals surface area (Å²) in [5.74, 6) is 3.29. The van der Waals surface area contributed by atoms with Gasteiger partial charge in [0, 0.05) is 12.4 Å². The topological polar surface area (TPSA) is 42.7 Å². The van der Waals surface area contributed by atoms with Crippen molar-refractivity contribution in [3.63, 3.8) is 0 Å². The van der Waals surface area contributed by atoms with Gasteiger partial charge in [0.2, 0.25) is 0 Å². The smallest absolute Gasteiger partial charge is 0.140 e. The van der Waals surface area contributed by atoms with Gasteiger partial charge in [-0.05, 0) is 37.6 Å². The second kappa shape index (κ2) is 7.10. The van der Waals surface area contributed by atoms with Crippen molar-refractivity contribution >= 4 is 11.6 Å². The lowest BCUT2D eigenvalue weighted by Crippen LogP contribution is -2.27. The van der Waals surface area contributed by atoms with Crippen LogP contribution in [0.3, 0.4) is 0 Å². The summed E-state index contributed by atoms with van der Waals surface area (Å²) in [6, 6.07) is 0. The highest BCUT2D eigenvalue weighted by atomic mass is 35.5. The van der Waals surface area contributed by atoms with Gasteiger partial charge in [0.05, 0.1) is 6.54 Å². The van der Waals surface area contributed by atoms with E-state index in [1.165, 1.54) is 19.3 Å². The van der Waals surface area contributed by atoms with Crippen LogP contribution < -0.4 is 5.32 Å². The van der Waals surface area contributed by atoms with Crippen LogP contribution in [-0.4, -0.2) is 27.2 Å². The molecule has 1 aliphatic rings. The molecule has 0 saturated heterocycles. The third-order valence-corrected chi connectivity index (χ3v) is 4.23. The van der Waals surface area contributed by atoms with Crippen molar-refractivity contribution < 1.29 is 0 Å². The first-order chi connectivity index (χ1) is 8.85. The number of aromatic nitrogens is 3. The highest BCUT2D eigenvalue weighted by molar-refractivity contribution is 6.18. The molecule has 2 rings (SSSR count). The summed E-state index contributed by atoms with van der Waals surface area (Å²) in [6.45, 7) is 4.97. The molecule has 4 nitrogen and oxygen atoms in total. The molecular weight excluding hydrogens is 248 g/mol. The zero-order valence-electron chi connectivity index (χ0n) is 11.1. The van der Waals surface area contributed by atoms with E-state index in [1.807, 2.05) is 4.68 Å². The van der Waals surface area contributed by atoms with Gasteiger partial charge in [-0.15, -0.1) is 11.6 Å². The lowest BCUT2D eigenvalue weighted by molar-refractivity contribution is 0.390. The average Bonchev–Trinajstić information content (AvgIpc) is 2.99. The molecule has 1 aromatic rings. The lowest BCUT2D eigenvalue weighted by atomic mass is 9.98. The van der Waals surface area contributed by atoms with Gasteiger partial charge in [0.25, 0.3) is 0 Å². The van der Waals surface area contributed by atoms with E-state index in [1.54, 1.807) is 6.33 Å². The van der Waals surface area contributed by atoms with Crippen molar-refractivity contribution in [2.45, 2.75) is 45.7 Å². The largest absolute Gasteiger partial charge is 0.310 e. The highest BCUT2D eigenvalue weighted by Gasteiger charge is 2.25. The minimum Gasteiger partial charge on any atom is -0.310 e. The van der Waals surface area contributed by atoms with Gasteiger partial charge in [-0.25, -0.2) is 9.67 Å². The Kier molecular flexibility index (Phi) is 5.45. The normalized spacial score (nSPS) is 23.7. The monoisotopic (exact) mass is 270 g/mol. The fourth-order valence-electron chi connectivity index (χ4n) is 2.78. The number of alkyl halides is 1. The van der Waals surface area contributed by atoms with E-state index in [-0.39, 0.29) is 0 Å². The van der Waals surface area contributed by atoms with Crippen LogP contribution in [0.2, 0.25) is 0 Å². The molecule has 0 aromatic carbocycles. The first-order valence-corrected chi connectivity index (χ1v) is 7.52. The van der Waals surface area contributed by atoms with Gasteiger partial charge < -0.3 is 5.32 Å². The van der Waals surface area contributed by atoms with Gasteiger partial charge in [-0.3, -0.25) is 0 Å². The molecule has 0 amide bonds. The number of halogens is 1. The van der Waals surface area contributed by atoms with Crippen LogP contribution in [0.25, 0.3) is 0 Å². The second-order valence-corrected chi connectivity index (χ2v) is 5.44. The van der Waals surface area contributed by atoms with Crippen LogP contribution in [0.5, 0.6) is 0 Å². The van der Waals surface area contributed by atoms with Crippen molar-refractivity contribution in [1.82, 2.24) is 20.1 Å². The molecule has 1 N–H and O–H groups in total. The molecule has 0 aliphatic heterocycles. The van der Waals surface area contributed by atoms with Crippen molar-refractivity contribution in [2.24, 2.45) is 11.8 Å². The van der Waals surface area contributed by atoms with E-state index < -0.39 is 0 Å². The number of hydrogen-bond acceptors (Lipinski definition) is 3. The van der Waals surface area contributed by atoms with Gasteiger partial charge in [-0.2, -0.15) is 5.10 Å². The molecule has 102 valence electrons. The van der Waals surface area contributed by atoms with E-state index in [2.05, 4.69) is 22.3 Å². The SMILES string of the molecule is CCCn1ncnc1CNCC1CCCC1CCl. The predicted molar refractivity (Wildman–Crippen MR) is 73.6 cm³/mol. The average molecular weight is 271 g/mol. The third kappa shape index (κ3) is 3.45. The molecule has 0 radical (unpaired) electrons. The minimum absolute atomic E-state index is 0.702. The van der Waals surface area contributed by atoms with E-state index in [0.717, 1.165) is 43.7 Å². The van der Waals surface area contributed by atoms with Crippen molar-refractivity contribution in [3.8, 4) is 0 Å². The van der Waals surface area contributed by atoms with E-state index in [4.69, 9.17) is 11.6 Å². The molecule has 2 atom stereocenters. The summed E-state index contributed by atoms with van der Waals surface area (Å²) in [5.41, 5.74) is 0. The number of rotatable bonds is 7. The van der Waals surface area contributed by atoms with Crippen LogP contribution >= 0.6 is 11.6 Å². The van der Waals surface area contributed by atoms with Crippen LogP contribution in [0, 0.1) is 11.8 Å². The summed E-state index contributed by atoms with van der Waals surface area (Å²) >= 11 is 5.99. The fourth-order valence-corrected chi connectivity index (χ4v) is 3.18. The number of hydrogen-bond donors (Lipinski definition) is 1. The van der Waals surface area contributed by atoms with E-state index >= 15 is 0 Å². The summed E-state index contributed by atoms with van der Waals surface area (Å²) in [5, 5.41) is 7.74. The Bertz CT molecular complexity index is 353. The molecule has 1 saturated carbocycles. The molecular formula is C13H23ClN4. The molecule has 18 heavy (non-hydrogen) atoms. The Balaban J connectivity index is 1.76. The zero-order valence-corrected chi connectivity index (χ0v) is 11.9. The van der Waals surface area contributed by atoms with Gasteiger partial charge in [0.15, 0.2) is 0 Å². The fraction of sp³-hybridized carbons (Fsp3) is 0.846. The zero-order chi connectivity index (χ0) is 12.8. The first kappa shape index (κ1) is 13.8. The molecule has 1 aliphatic carbocycles. The number of nitrogens with zero attached hydrogens (tertiary/aromatic N) is 3. The Morgan fingerprint density at radius 1 is 1.44 bits per heavy atom. The van der Waals surface area contributed by atoms with E-state index in [0.29, 0.717) is 5.92 Å². The van der Waals surface area contributed by atoms with Gasteiger partial charge in [0.1, 0.15) is 12.2 Å². The van der Waals surface area contributed by atoms with Crippen molar-refractivity contribution in [1.29, 1.82) is 0 Å². The molecule has 1 fully saturated rings. The Hall–Kier alpha value is -0.610. The molecule has 0 spiro atoms. The van der Waals surface area contributed by atoms with Gasteiger partial charge >= 0.3 is 0 Å². The number of aryl methyl sites for hydroxylation is 1. The standard InChI is InChI=1S/C13H23ClN4/c1-2-6-18-13(16-10-17-18)9-15-8-12-5-3-4-11(12)7-14/h10-12,15H,2-9H2,1H3. The minimum atomic E-state index is 0.702. The summed E-state index contributed by atoms with van der Waals surface area (Å²) < 4.78 is 1.99. The number of nitrogens with one attached hydrogen (secondary N) is 1. The maximum absolute atomic E-state index is 5.99. The predicted octanol–water partition coefficient (Wildman–Crippen LogP) is 2.43. The van der Waals surface area contributed by atoms with E-state index in [9.17, 15) is 0 Å². The quantitative estimate of drug-likeness (QED) is 0.774. The lowest BCUT2D eigenvalue weighted by Gasteiger charge is -2.17. The van der Waals surface area contributed by atoms with Crippen LogP contribution in [-0.2, 0) is 13.1 Å². The Labute approximate surface area is 114 Å². The summed E-state index contributed by atoms with van der Waals surface area (Å²) in [6.07, 6.45) is 6.67. The van der Waals surface area contributed by atoms with Crippen molar-refractivity contribution in [3.05, 3.63) is 12.2 Å². The molecule has 0 bridgehead atoms. The highest BCUT2D eigenvalue weighted by Crippen LogP contribution is 2.31. The summed E-state index contributed by atoms with van der Waals surface area (Å²) in [4.78, 5) is 4.30. The molecule has 5 heteroatoms. The maximum atomic E-state index is 5.99.